The molecule has 0 spiro atoms. The van der Waals surface area contributed by atoms with Gasteiger partial charge in [-0.15, -0.1) is 0 Å². The summed E-state index contributed by atoms with van der Waals surface area (Å²) in [4.78, 5) is 23.5. The lowest BCUT2D eigenvalue weighted by molar-refractivity contribution is -0.133. The van der Waals surface area contributed by atoms with Gasteiger partial charge in [-0.1, -0.05) is 6.07 Å². The van der Waals surface area contributed by atoms with Crippen molar-refractivity contribution in [2.45, 2.75) is 39.2 Å². The third-order valence-electron chi connectivity index (χ3n) is 5.23. The fourth-order valence-corrected chi connectivity index (χ4v) is 3.69. The first-order valence-electron chi connectivity index (χ1n) is 9.10. The first-order valence-corrected chi connectivity index (χ1v) is 9.10. The van der Waals surface area contributed by atoms with Crippen molar-refractivity contribution in [2.24, 2.45) is 0 Å². The summed E-state index contributed by atoms with van der Waals surface area (Å²) >= 11 is 0. The number of nitrogens with zero attached hydrogens (tertiary/aromatic N) is 5. The molecule has 0 saturated carbocycles. The number of hydrogen-bond acceptors (Lipinski definition) is 4. The van der Waals surface area contributed by atoms with E-state index in [4.69, 9.17) is 0 Å². The van der Waals surface area contributed by atoms with E-state index in [-0.39, 0.29) is 12.5 Å². The summed E-state index contributed by atoms with van der Waals surface area (Å²) in [5.74, 6) is 0.599. The number of carbonyl (C=O) groups excluding carboxylic acids is 1. The van der Waals surface area contributed by atoms with Gasteiger partial charge in [0.1, 0.15) is 6.54 Å². The summed E-state index contributed by atoms with van der Waals surface area (Å²) in [6, 6.07) is 8.11. The highest BCUT2D eigenvalue weighted by molar-refractivity contribution is 5.81. The van der Waals surface area contributed by atoms with Crippen molar-refractivity contribution in [1.82, 2.24) is 24.6 Å². The smallest absolute Gasteiger partial charge is 0.244 e. The zero-order valence-corrected chi connectivity index (χ0v) is 15.2. The van der Waals surface area contributed by atoms with E-state index in [0.717, 1.165) is 48.4 Å². The van der Waals surface area contributed by atoms with Gasteiger partial charge in [0.2, 0.25) is 5.91 Å². The van der Waals surface area contributed by atoms with Crippen molar-refractivity contribution in [3.8, 4) is 0 Å². The largest absolute Gasteiger partial charge is 0.341 e. The van der Waals surface area contributed by atoms with E-state index in [0.29, 0.717) is 5.92 Å². The molecule has 0 unspecified atom stereocenters. The minimum absolute atomic E-state index is 0.112. The van der Waals surface area contributed by atoms with E-state index < -0.39 is 0 Å². The van der Waals surface area contributed by atoms with Gasteiger partial charge in [-0.2, -0.15) is 5.10 Å². The normalized spacial score (nSPS) is 15.5. The van der Waals surface area contributed by atoms with E-state index in [1.807, 2.05) is 37.1 Å². The number of pyridine rings is 2. The standard InChI is InChI=1S/C20H23N5O/c1-14-5-6-17(12-22-14)16-7-10-24(11-8-16)19(26)13-25-20-18(15(2)23-25)4-3-9-21-20/h3-6,9,12,16H,7-8,10-11,13H2,1-2H3. The molecule has 26 heavy (non-hydrogen) atoms. The molecule has 4 rings (SSSR count). The van der Waals surface area contributed by atoms with E-state index in [2.05, 4.69) is 27.2 Å². The zero-order chi connectivity index (χ0) is 18.1. The Labute approximate surface area is 152 Å². The number of piperidine rings is 1. The van der Waals surface area contributed by atoms with Gasteiger partial charge in [-0.25, -0.2) is 9.67 Å². The quantitative estimate of drug-likeness (QED) is 0.729. The molecule has 1 aliphatic rings. The first kappa shape index (κ1) is 16.7. The molecule has 1 fully saturated rings. The van der Waals surface area contributed by atoms with E-state index in [1.165, 1.54) is 5.56 Å². The average Bonchev–Trinajstić information content (AvgIpc) is 2.98. The van der Waals surface area contributed by atoms with Gasteiger partial charge >= 0.3 is 0 Å². The van der Waals surface area contributed by atoms with Gasteiger partial charge in [-0.3, -0.25) is 9.78 Å². The van der Waals surface area contributed by atoms with Gasteiger partial charge in [0.15, 0.2) is 5.65 Å². The molecule has 6 heteroatoms. The van der Waals surface area contributed by atoms with E-state index >= 15 is 0 Å². The van der Waals surface area contributed by atoms with Crippen molar-refractivity contribution < 1.29 is 4.79 Å². The third kappa shape index (κ3) is 3.19. The SMILES string of the molecule is Cc1ccc(C2CCN(C(=O)Cn3nc(C)c4cccnc43)CC2)cn1. The molecule has 4 heterocycles. The molecule has 0 bridgehead atoms. The highest BCUT2D eigenvalue weighted by Gasteiger charge is 2.24. The van der Waals surface area contributed by atoms with Crippen LogP contribution in [-0.2, 0) is 11.3 Å². The van der Waals surface area contributed by atoms with Gasteiger partial charge in [0.25, 0.3) is 0 Å². The number of amides is 1. The van der Waals surface area contributed by atoms with Crippen LogP contribution in [0.5, 0.6) is 0 Å². The van der Waals surface area contributed by atoms with Crippen molar-refractivity contribution in [2.75, 3.05) is 13.1 Å². The second-order valence-corrected chi connectivity index (χ2v) is 7.01. The maximum Gasteiger partial charge on any atom is 0.244 e. The summed E-state index contributed by atoms with van der Waals surface area (Å²) in [6.07, 6.45) is 5.68. The molecule has 0 radical (unpaired) electrons. The third-order valence-corrected chi connectivity index (χ3v) is 5.23. The maximum absolute atomic E-state index is 12.7. The van der Waals surface area contributed by atoms with E-state index in [9.17, 15) is 4.79 Å². The van der Waals surface area contributed by atoms with Crippen LogP contribution in [-0.4, -0.2) is 43.6 Å². The predicted molar refractivity (Wildman–Crippen MR) is 99.8 cm³/mol. The van der Waals surface area contributed by atoms with Crippen LogP contribution in [0.15, 0.2) is 36.7 Å². The number of hydrogen-bond donors (Lipinski definition) is 0. The Kier molecular flexibility index (Phi) is 4.41. The van der Waals surface area contributed by atoms with Crippen molar-refractivity contribution in [1.29, 1.82) is 0 Å². The molecule has 1 amide bonds. The fraction of sp³-hybridized carbons (Fsp3) is 0.400. The van der Waals surface area contributed by atoms with E-state index in [1.54, 1.807) is 10.9 Å². The number of fused-ring (bicyclic) bond motifs is 1. The number of carbonyl (C=O) groups is 1. The summed E-state index contributed by atoms with van der Waals surface area (Å²) in [6.45, 7) is 5.76. The maximum atomic E-state index is 12.7. The first-order chi connectivity index (χ1) is 12.6. The molecule has 1 saturated heterocycles. The van der Waals surface area contributed by atoms with Crippen LogP contribution in [0.25, 0.3) is 11.0 Å². The van der Waals surface area contributed by atoms with Crippen LogP contribution in [0.1, 0.15) is 35.7 Å². The number of likely N-dealkylation sites (tertiary alicyclic amines) is 1. The summed E-state index contributed by atoms with van der Waals surface area (Å²) in [5.41, 5.74) is 4.00. The Balaban J connectivity index is 1.41. The molecule has 6 nitrogen and oxygen atoms in total. The van der Waals surface area contributed by atoms with Crippen molar-refractivity contribution in [3.05, 3.63) is 53.6 Å². The zero-order valence-electron chi connectivity index (χ0n) is 15.2. The number of aromatic nitrogens is 4. The summed E-state index contributed by atoms with van der Waals surface area (Å²) in [5, 5.41) is 5.50. The lowest BCUT2D eigenvalue weighted by atomic mass is 9.90. The number of aryl methyl sites for hydroxylation is 2. The van der Waals surface area contributed by atoms with Crippen molar-refractivity contribution >= 4 is 16.9 Å². The molecule has 134 valence electrons. The van der Waals surface area contributed by atoms with Gasteiger partial charge in [0.05, 0.1) is 5.69 Å². The Bertz CT molecular complexity index is 923. The lowest BCUT2D eigenvalue weighted by Crippen LogP contribution is -2.40. The molecule has 0 N–H and O–H groups in total. The monoisotopic (exact) mass is 349 g/mol. The fourth-order valence-electron chi connectivity index (χ4n) is 3.69. The summed E-state index contributed by atoms with van der Waals surface area (Å²) in [7, 11) is 0. The average molecular weight is 349 g/mol. The van der Waals surface area contributed by atoms with Crippen LogP contribution in [0.4, 0.5) is 0 Å². The Morgan fingerprint density at radius 3 is 2.69 bits per heavy atom. The Morgan fingerprint density at radius 2 is 1.96 bits per heavy atom. The molecule has 3 aromatic heterocycles. The van der Waals surface area contributed by atoms with Gasteiger partial charge in [0, 0.05) is 36.6 Å². The van der Waals surface area contributed by atoms with Crippen LogP contribution < -0.4 is 0 Å². The topological polar surface area (TPSA) is 63.9 Å². The lowest BCUT2D eigenvalue weighted by Gasteiger charge is -2.32. The second kappa shape index (κ2) is 6.86. The molecule has 3 aromatic rings. The van der Waals surface area contributed by atoms with Crippen LogP contribution >= 0.6 is 0 Å². The Hall–Kier alpha value is -2.76. The van der Waals surface area contributed by atoms with Crippen LogP contribution in [0.3, 0.4) is 0 Å². The minimum Gasteiger partial charge on any atom is -0.341 e. The molecule has 0 atom stereocenters. The van der Waals surface area contributed by atoms with Gasteiger partial charge in [-0.05, 0) is 56.4 Å². The summed E-state index contributed by atoms with van der Waals surface area (Å²) < 4.78 is 1.73. The molecule has 1 aliphatic heterocycles. The van der Waals surface area contributed by atoms with Gasteiger partial charge < -0.3 is 4.90 Å². The van der Waals surface area contributed by atoms with Crippen LogP contribution in [0, 0.1) is 13.8 Å². The minimum atomic E-state index is 0.112. The Morgan fingerprint density at radius 1 is 1.15 bits per heavy atom. The highest BCUT2D eigenvalue weighted by atomic mass is 16.2. The molecular weight excluding hydrogens is 326 g/mol. The van der Waals surface area contributed by atoms with Crippen molar-refractivity contribution in [3.63, 3.8) is 0 Å². The second-order valence-electron chi connectivity index (χ2n) is 7.01. The number of rotatable bonds is 3. The van der Waals surface area contributed by atoms with Crippen LogP contribution in [0.2, 0.25) is 0 Å². The molecule has 0 aromatic carbocycles. The molecule has 0 aliphatic carbocycles. The highest BCUT2D eigenvalue weighted by Crippen LogP contribution is 2.27. The molecular formula is C20H23N5O. The predicted octanol–water partition coefficient (Wildman–Crippen LogP) is 2.85.